The number of rotatable bonds is 2. The summed E-state index contributed by atoms with van der Waals surface area (Å²) in [5, 5.41) is 8.70. The van der Waals surface area contributed by atoms with Crippen LogP contribution in [0.1, 0.15) is 26.7 Å². The largest absolute Gasteiger partial charge is 0.365 e. The van der Waals surface area contributed by atoms with Gasteiger partial charge >= 0.3 is 0 Å². The second-order valence-electron chi connectivity index (χ2n) is 3.90. The maximum Gasteiger partial charge on any atom is 0.255 e. The van der Waals surface area contributed by atoms with Gasteiger partial charge in [0, 0.05) is 13.7 Å². The maximum atomic E-state index is 11.9. The first-order valence-electron chi connectivity index (χ1n) is 4.82. The van der Waals surface area contributed by atoms with Gasteiger partial charge in [0.2, 0.25) is 0 Å². The minimum atomic E-state index is -0.708. The van der Waals surface area contributed by atoms with E-state index in [-0.39, 0.29) is 5.91 Å². The maximum absolute atomic E-state index is 11.9. The first-order chi connectivity index (χ1) is 6.51. The lowest BCUT2D eigenvalue weighted by molar-refractivity contribution is -0.150. The van der Waals surface area contributed by atoms with E-state index in [4.69, 9.17) is 10.00 Å². The zero-order chi connectivity index (χ0) is 10.8. The van der Waals surface area contributed by atoms with Crippen LogP contribution in [-0.4, -0.2) is 36.1 Å². The molecule has 2 unspecified atom stereocenters. The average Bonchev–Trinajstić information content (AvgIpc) is 2.63. The van der Waals surface area contributed by atoms with Gasteiger partial charge in [-0.15, -0.1) is 0 Å². The topological polar surface area (TPSA) is 53.3 Å². The molecule has 0 spiro atoms. The first-order valence-corrected chi connectivity index (χ1v) is 4.82. The Kier molecular flexibility index (Phi) is 3.12. The van der Waals surface area contributed by atoms with Crippen molar-refractivity contribution in [2.24, 2.45) is 0 Å². The van der Waals surface area contributed by atoms with E-state index in [0.29, 0.717) is 6.61 Å². The number of hydrogen-bond acceptors (Lipinski definition) is 3. The smallest absolute Gasteiger partial charge is 0.255 e. The fourth-order valence-corrected chi connectivity index (χ4v) is 1.58. The third-order valence-electron chi connectivity index (χ3n) is 2.76. The van der Waals surface area contributed by atoms with Crippen LogP contribution in [0.2, 0.25) is 0 Å². The summed E-state index contributed by atoms with van der Waals surface area (Å²) >= 11 is 0. The van der Waals surface area contributed by atoms with Gasteiger partial charge in [-0.05, 0) is 26.7 Å². The fraction of sp³-hybridized carbons (Fsp3) is 0.800. The Bertz CT molecular complexity index is 264. The number of carbonyl (C=O) groups excluding carboxylic acids is 1. The van der Waals surface area contributed by atoms with Crippen molar-refractivity contribution in [2.75, 3.05) is 13.7 Å². The van der Waals surface area contributed by atoms with Gasteiger partial charge in [0.05, 0.1) is 6.07 Å². The van der Waals surface area contributed by atoms with Crippen LogP contribution in [0.5, 0.6) is 0 Å². The molecule has 0 saturated carbocycles. The van der Waals surface area contributed by atoms with Crippen molar-refractivity contribution in [3.8, 4) is 6.07 Å². The molecule has 4 nitrogen and oxygen atoms in total. The van der Waals surface area contributed by atoms with Crippen molar-refractivity contribution in [2.45, 2.75) is 38.3 Å². The van der Waals surface area contributed by atoms with Crippen molar-refractivity contribution < 1.29 is 9.53 Å². The normalized spacial score (nSPS) is 28.1. The van der Waals surface area contributed by atoms with Crippen LogP contribution in [0.3, 0.4) is 0 Å². The van der Waals surface area contributed by atoms with Crippen LogP contribution in [0.4, 0.5) is 0 Å². The standard InChI is InChI=1S/C10H16N2O2/c1-8(7-11)12(3)9(13)10(2)5-4-6-14-10/h8H,4-6H2,1-3H3. The van der Waals surface area contributed by atoms with E-state index in [2.05, 4.69) is 0 Å². The molecule has 4 heteroatoms. The average molecular weight is 196 g/mol. The number of hydrogen-bond donors (Lipinski definition) is 0. The Morgan fingerprint density at radius 2 is 2.36 bits per heavy atom. The summed E-state index contributed by atoms with van der Waals surface area (Å²) in [6.07, 6.45) is 1.66. The lowest BCUT2D eigenvalue weighted by Crippen LogP contribution is -2.47. The lowest BCUT2D eigenvalue weighted by atomic mass is 10.0. The highest BCUT2D eigenvalue weighted by atomic mass is 16.5. The van der Waals surface area contributed by atoms with Gasteiger partial charge in [-0.1, -0.05) is 0 Å². The highest BCUT2D eigenvalue weighted by molar-refractivity contribution is 5.85. The van der Waals surface area contributed by atoms with Gasteiger partial charge in [-0.2, -0.15) is 5.26 Å². The molecule has 0 radical (unpaired) electrons. The molecule has 78 valence electrons. The SMILES string of the molecule is CC(C#N)N(C)C(=O)C1(C)CCCO1. The second-order valence-corrected chi connectivity index (χ2v) is 3.90. The summed E-state index contributed by atoms with van der Waals surface area (Å²) < 4.78 is 5.42. The van der Waals surface area contributed by atoms with Crippen molar-refractivity contribution >= 4 is 5.91 Å². The van der Waals surface area contributed by atoms with Crippen molar-refractivity contribution in [3.63, 3.8) is 0 Å². The predicted octanol–water partition coefficient (Wildman–Crippen LogP) is 0.926. The summed E-state index contributed by atoms with van der Waals surface area (Å²) in [6.45, 7) is 4.14. The highest BCUT2D eigenvalue weighted by Crippen LogP contribution is 2.27. The molecule has 0 N–H and O–H groups in total. The summed E-state index contributed by atoms with van der Waals surface area (Å²) in [7, 11) is 1.64. The Morgan fingerprint density at radius 3 is 2.79 bits per heavy atom. The van der Waals surface area contributed by atoms with Crippen molar-refractivity contribution in [3.05, 3.63) is 0 Å². The van der Waals surface area contributed by atoms with E-state index in [1.807, 2.05) is 6.07 Å². The van der Waals surface area contributed by atoms with E-state index in [9.17, 15) is 4.79 Å². The van der Waals surface area contributed by atoms with Gasteiger partial charge in [0.15, 0.2) is 0 Å². The number of ether oxygens (including phenoxy) is 1. The zero-order valence-corrected chi connectivity index (χ0v) is 8.91. The molecule has 0 bridgehead atoms. The third-order valence-corrected chi connectivity index (χ3v) is 2.76. The van der Waals surface area contributed by atoms with Gasteiger partial charge < -0.3 is 9.64 Å². The number of nitriles is 1. The molecule has 1 heterocycles. The lowest BCUT2D eigenvalue weighted by Gasteiger charge is -2.29. The molecule has 0 aromatic rings. The third kappa shape index (κ3) is 1.88. The molecule has 0 aromatic carbocycles. The van der Waals surface area contributed by atoms with Crippen LogP contribution in [0, 0.1) is 11.3 Å². The van der Waals surface area contributed by atoms with Gasteiger partial charge in [-0.25, -0.2) is 0 Å². The molecule has 1 aliphatic heterocycles. The van der Waals surface area contributed by atoms with E-state index in [1.54, 1.807) is 20.9 Å². The van der Waals surface area contributed by atoms with E-state index in [0.717, 1.165) is 12.8 Å². The van der Waals surface area contributed by atoms with E-state index >= 15 is 0 Å². The molecule has 0 aliphatic carbocycles. The first kappa shape index (κ1) is 11.0. The minimum absolute atomic E-state index is 0.0935. The van der Waals surface area contributed by atoms with Crippen LogP contribution in [0.15, 0.2) is 0 Å². The van der Waals surface area contributed by atoms with Crippen LogP contribution in [0.25, 0.3) is 0 Å². The Balaban J connectivity index is 2.70. The molecule has 1 rings (SSSR count). The quantitative estimate of drug-likeness (QED) is 0.660. The van der Waals surface area contributed by atoms with Gasteiger partial charge in [0.25, 0.3) is 5.91 Å². The van der Waals surface area contributed by atoms with E-state index < -0.39 is 11.6 Å². The molecule has 14 heavy (non-hydrogen) atoms. The summed E-state index contributed by atoms with van der Waals surface area (Å²) in [4.78, 5) is 13.4. The molecule has 1 fully saturated rings. The zero-order valence-electron chi connectivity index (χ0n) is 8.91. The van der Waals surface area contributed by atoms with Crippen molar-refractivity contribution in [1.82, 2.24) is 4.90 Å². The fourth-order valence-electron chi connectivity index (χ4n) is 1.58. The molecule has 1 saturated heterocycles. The number of amides is 1. The number of nitrogens with zero attached hydrogens (tertiary/aromatic N) is 2. The van der Waals surface area contributed by atoms with Crippen LogP contribution >= 0.6 is 0 Å². The monoisotopic (exact) mass is 196 g/mol. The molecular weight excluding hydrogens is 180 g/mol. The molecular formula is C10H16N2O2. The highest BCUT2D eigenvalue weighted by Gasteiger charge is 2.40. The predicted molar refractivity (Wildman–Crippen MR) is 51.4 cm³/mol. The number of carbonyl (C=O) groups is 1. The number of likely N-dealkylation sites (N-methyl/N-ethyl adjacent to an activating group) is 1. The van der Waals surface area contributed by atoms with E-state index in [1.165, 1.54) is 4.90 Å². The molecule has 1 amide bonds. The van der Waals surface area contributed by atoms with Gasteiger partial charge in [-0.3, -0.25) is 4.79 Å². The molecule has 2 atom stereocenters. The Morgan fingerprint density at radius 1 is 1.71 bits per heavy atom. The molecule has 1 aliphatic rings. The summed E-state index contributed by atoms with van der Waals surface area (Å²) in [5.41, 5.74) is -0.708. The minimum Gasteiger partial charge on any atom is -0.365 e. The van der Waals surface area contributed by atoms with Crippen molar-refractivity contribution in [1.29, 1.82) is 5.26 Å². The summed E-state index contributed by atoms with van der Waals surface area (Å²) in [5.74, 6) is -0.0935. The molecule has 0 aromatic heterocycles. The van der Waals surface area contributed by atoms with Crippen LogP contribution < -0.4 is 0 Å². The second kappa shape index (κ2) is 3.97. The Labute approximate surface area is 84.4 Å². The van der Waals surface area contributed by atoms with Gasteiger partial charge in [0.1, 0.15) is 11.6 Å². The Hall–Kier alpha value is -1.08. The van der Waals surface area contributed by atoms with Crippen LogP contribution in [-0.2, 0) is 9.53 Å². The summed E-state index contributed by atoms with van der Waals surface area (Å²) in [6, 6.07) is 1.64.